The lowest BCUT2D eigenvalue weighted by Crippen LogP contribution is -2.53. The summed E-state index contributed by atoms with van der Waals surface area (Å²) in [6.07, 6.45) is 0.0732. The number of nitrogens with zero attached hydrogens (tertiary/aromatic N) is 2. The second-order valence-electron chi connectivity index (χ2n) is 7.66. The highest BCUT2D eigenvalue weighted by Crippen LogP contribution is 2.29. The van der Waals surface area contributed by atoms with E-state index >= 15 is 4.39 Å². The Labute approximate surface area is 184 Å². The molecule has 0 unspecified atom stereocenters. The van der Waals surface area contributed by atoms with Crippen LogP contribution in [-0.2, 0) is 16.4 Å². The number of halogens is 1. The first kappa shape index (κ1) is 23.8. The average Bonchev–Trinajstić information content (AvgIpc) is 2.77. The molecule has 1 aromatic heterocycles. The first-order valence-corrected chi connectivity index (χ1v) is 11.5. The Bertz CT molecular complexity index is 1290. The summed E-state index contributed by atoms with van der Waals surface area (Å²) in [6.45, 7) is 1.11. The number of methoxy groups -OCH3 is 1. The van der Waals surface area contributed by atoms with Crippen LogP contribution < -0.4 is 15.8 Å². The maximum Gasteiger partial charge on any atom is 0.261 e. The SMILES string of the molecule is COc1ccc(-c2ccc3c(=O)n(CC[C@@](C)([C@@H](O)NO)S(C)(=O)=O)cnc3c2F)cc1. The summed E-state index contributed by atoms with van der Waals surface area (Å²) in [5.41, 5.74) is 1.74. The lowest BCUT2D eigenvalue weighted by atomic mass is 10.0. The van der Waals surface area contributed by atoms with Gasteiger partial charge in [-0.05, 0) is 37.1 Å². The van der Waals surface area contributed by atoms with Crippen molar-refractivity contribution in [2.24, 2.45) is 0 Å². The molecule has 3 aromatic rings. The quantitative estimate of drug-likeness (QED) is 0.339. The van der Waals surface area contributed by atoms with Crippen LogP contribution >= 0.6 is 0 Å². The highest BCUT2D eigenvalue weighted by Gasteiger charge is 2.42. The van der Waals surface area contributed by atoms with Gasteiger partial charge in [-0.25, -0.2) is 17.8 Å². The molecule has 0 radical (unpaired) electrons. The van der Waals surface area contributed by atoms with E-state index in [-0.39, 0.29) is 29.4 Å². The Balaban J connectivity index is 1.98. The highest BCUT2D eigenvalue weighted by molar-refractivity contribution is 7.92. The fourth-order valence-corrected chi connectivity index (χ4v) is 4.27. The fourth-order valence-electron chi connectivity index (χ4n) is 3.35. The summed E-state index contributed by atoms with van der Waals surface area (Å²) >= 11 is 0. The van der Waals surface area contributed by atoms with Gasteiger partial charge in [-0.15, -0.1) is 0 Å². The molecule has 32 heavy (non-hydrogen) atoms. The van der Waals surface area contributed by atoms with E-state index in [1.54, 1.807) is 29.7 Å². The van der Waals surface area contributed by atoms with Crippen molar-refractivity contribution in [1.82, 2.24) is 15.0 Å². The first-order chi connectivity index (χ1) is 15.0. The van der Waals surface area contributed by atoms with Gasteiger partial charge in [0.15, 0.2) is 15.7 Å². The van der Waals surface area contributed by atoms with Crippen molar-refractivity contribution in [3.8, 4) is 16.9 Å². The minimum atomic E-state index is -3.83. The van der Waals surface area contributed by atoms with Crippen molar-refractivity contribution in [1.29, 1.82) is 0 Å². The van der Waals surface area contributed by atoms with Gasteiger partial charge >= 0.3 is 0 Å². The molecule has 0 saturated carbocycles. The van der Waals surface area contributed by atoms with Gasteiger partial charge in [0.05, 0.1) is 18.8 Å². The topological polar surface area (TPSA) is 131 Å². The van der Waals surface area contributed by atoms with Gasteiger partial charge in [0.25, 0.3) is 5.56 Å². The van der Waals surface area contributed by atoms with Crippen molar-refractivity contribution in [3.05, 3.63) is 58.9 Å². The number of hydrogen-bond donors (Lipinski definition) is 3. The molecular formula is C21H24FN3O6S. The summed E-state index contributed by atoms with van der Waals surface area (Å²) in [6, 6.07) is 9.71. The lowest BCUT2D eigenvalue weighted by Gasteiger charge is -2.31. The van der Waals surface area contributed by atoms with Crippen LogP contribution in [0.1, 0.15) is 13.3 Å². The lowest BCUT2D eigenvalue weighted by molar-refractivity contribution is -0.0232. The Hall–Kier alpha value is -2.86. The summed E-state index contributed by atoms with van der Waals surface area (Å²) in [4.78, 5) is 17.0. The monoisotopic (exact) mass is 465 g/mol. The zero-order chi connectivity index (χ0) is 23.7. The average molecular weight is 466 g/mol. The largest absolute Gasteiger partial charge is 0.497 e. The van der Waals surface area contributed by atoms with Gasteiger partial charge in [-0.1, -0.05) is 18.2 Å². The van der Waals surface area contributed by atoms with Crippen molar-refractivity contribution < 1.29 is 27.9 Å². The van der Waals surface area contributed by atoms with Crippen LogP contribution in [0.4, 0.5) is 4.39 Å². The predicted molar refractivity (Wildman–Crippen MR) is 117 cm³/mol. The highest BCUT2D eigenvalue weighted by atomic mass is 32.2. The van der Waals surface area contributed by atoms with Crippen LogP contribution in [-0.4, -0.2) is 52.6 Å². The Morgan fingerprint density at radius 3 is 2.47 bits per heavy atom. The van der Waals surface area contributed by atoms with Gasteiger partial charge in [-0.2, -0.15) is 5.48 Å². The number of sulfone groups is 1. The normalized spacial score (nSPS) is 14.8. The van der Waals surface area contributed by atoms with Crippen molar-refractivity contribution in [2.75, 3.05) is 13.4 Å². The minimum Gasteiger partial charge on any atom is -0.497 e. The number of rotatable bonds is 8. The molecule has 0 aliphatic heterocycles. The second kappa shape index (κ2) is 8.94. The zero-order valence-electron chi connectivity index (χ0n) is 17.7. The molecule has 2 aromatic carbocycles. The smallest absolute Gasteiger partial charge is 0.261 e. The van der Waals surface area contributed by atoms with Crippen molar-refractivity contribution in [3.63, 3.8) is 0 Å². The number of aliphatic hydroxyl groups is 1. The van der Waals surface area contributed by atoms with Crippen LogP contribution in [0.5, 0.6) is 5.75 Å². The molecule has 0 amide bonds. The second-order valence-corrected chi connectivity index (χ2v) is 10.1. The van der Waals surface area contributed by atoms with E-state index in [9.17, 15) is 18.3 Å². The van der Waals surface area contributed by atoms with Crippen LogP contribution in [0.3, 0.4) is 0 Å². The van der Waals surface area contributed by atoms with E-state index in [1.165, 1.54) is 26.2 Å². The first-order valence-electron chi connectivity index (χ1n) is 9.63. The molecule has 0 aliphatic carbocycles. The molecule has 0 spiro atoms. The number of benzene rings is 2. The Morgan fingerprint density at radius 2 is 1.91 bits per heavy atom. The van der Waals surface area contributed by atoms with E-state index in [1.807, 2.05) is 0 Å². The molecule has 0 fully saturated rings. The van der Waals surface area contributed by atoms with E-state index in [2.05, 4.69) is 4.98 Å². The van der Waals surface area contributed by atoms with Gasteiger partial charge in [-0.3, -0.25) is 9.36 Å². The van der Waals surface area contributed by atoms with Crippen LogP contribution in [0.15, 0.2) is 47.5 Å². The fraction of sp³-hybridized carbons (Fsp3) is 0.333. The molecule has 9 nitrogen and oxygen atoms in total. The summed E-state index contributed by atoms with van der Waals surface area (Å²) in [5, 5.41) is 19.0. The number of nitrogens with one attached hydrogen (secondary N) is 1. The molecule has 172 valence electrons. The van der Waals surface area contributed by atoms with Crippen molar-refractivity contribution in [2.45, 2.75) is 30.9 Å². The molecule has 11 heteroatoms. The van der Waals surface area contributed by atoms with Gasteiger partial charge in [0, 0.05) is 18.4 Å². The number of hydroxylamine groups is 1. The third kappa shape index (κ3) is 4.24. The third-order valence-corrected chi connectivity index (χ3v) is 7.85. The minimum absolute atomic E-state index is 0.0316. The van der Waals surface area contributed by atoms with Crippen LogP contribution in [0, 0.1) is 5.82 Å². The molecule has 0 aliphatic rings. The number of aliphatic hydroxyl groups excluding tert-OH is 1. The molecule has 0 saturated heterocycles. The van der Waals surface area contributed by atoms with E-state index < -0.39 is 32.2 Å². The summed E-state index contributed by atoms with van der Waals surface area (Å²) < 4.78 is 43.9. The molecule has 1 heterocycles. The number of ether oxygens (including phenoxy) is 1. The molecule has 2 atom stereocenters. The number of aryl methyl sites for hydroxylation is 1. The maximum absolute atomic E-state index is 15.1. The summed E-state index contributed by atoms with van der Waals surface area (Å²) in [5.74, 6) is -0.0311. The Kier molecular flexibility index (Phi) is 6.65. The van der Waals surface area contributed by atoms with Gasteiger partial charge < -0.3 is 15.1 Å². The van der Waals surface area contributed by atoms with E-state index in [4.69, 9.17) is 9.94 Å². The standard InChI is InChI=1S/C21H24FN3O6S/c1-21(20(27)24-28,32(3,29)30)10-11-25-12-23-18-16(19(25)26)9-8-15(17(18)22)13-4-6-14(31-2)7-5-13/h4-9,12,20,24,27-28H,10-11H2,1-3H3/t20-,21+/m1/s1. The molecule has 3 rings (SSSR count). The van der Waals surface area contributed by atoms with Gasteiger partial charge in [0.2, 0.25) is 0 Å². The van der Waals surface area contributed by atoms with Crippen molar-refractivity contribution >= 4 is 20.7 Å². The zero-order valence-corrected chi connectivity index (χ0v) is 18.6. The molecule has 3 N–H and O–H groups in total. The predicted octanol–water partition coefficient (Wildman–Crippen LogP) is 1.70. The van der Waals surface area contributed by atoms with Crippen LogP contribution in [0.25, 0.3) is 22.0 Å². The Morgan fingerprint density at radius 1 is 1.25 bits per heavy atom. The number of hydrogen-bond acceptors (Lipinski definition) is 8. The molecule has 0 bridgehead atoms. The summed E-state index contributed by atoms with van der Waals surface area (Å²) in [7, 11) is -2.30. The number of aromatic nitrogens is 2. The van der Waals surface area contributed by atoms with E-state index in [0.29, 0.717) is 11.3 Å². The third-order valence-electron chi connectivity index (χ3n) is 5.73. The van der Waals surface area contributed by atoms with Gasteiger partial charge in [0.1, 0.15) is 22.2 Å². The van der Waals surface area contributed by atoms with E-state index in [0.717, 1.165) is 17.2 Å². The maximum atomic E-state index is 15.1. The number of fused-ring (bicyclic) bond motifs is 1. The van der Waals surface area contributed by atoms with Crippen LogP contribution in [0.2, 0.25) is 0 Å². The molecular weight excluding hydrogens is 441 g/mol.